The molecular formula is C38H42ClN5O3. The number of hydrogen-bond donors (Lipinski definition) is 2. The van der Waals surface area contributed by atoms with Crippen LogP contribution >= 0.6 is 11.6 Å². The summed E-state index contributed by atoms with van der Waals surface area (Å²) >= 11 is 6.13. The quantitative estimate of drug-likeness (QED) is 0.238. The van der Waals surface area contributed by atoms with Gasteiger partial charge in [0.1, 0.15) is 11.7 Å². The molecule has 1 aromatic heterocycles. The van der Waals surface area contributed by atoms with E-state index < -0.39 is 6.04 Å². The SMILES string of the molecule is O=C(Cc1ccccc1)NCC1(N2CCN(C(=O)C(Cc3ccc(Cl)cc3)NC(=O)c3cc4ccccc4cn3)CC2)CCCCC1. The van der Waals surface area contributed by atoms with Crippen molar-refractivity contribution in [3.8, 4) is 0 Å². The van der Waals surface area contributed by atoms with Crippen LogP contribution in [0, 0.1) is 0 Å². The molecule has 2 aliphatic rings. The first-order valence-corrected chi connectivity index (χ1v) is 17.0. The predicted octanol–water partition coefficient (Wildman–Crippen LogP) is 5.44. The van der Waals surface area contributed by atoms with Crippen LogP contribution in [-0.4, -0.2) is 76.8 Å². The van der Waals surface area contributed by atoms with E-state index in [-0.39, 0.29) is 29.0 Å². The van der Waals surface area contributed by atoms with Gasteiger partial charge in [-0.3, -0.25) is 24.3 Å². The van der Waals surface area contributed by atoms with Crippen LogP contribution in [-0.2, 0) is 22.4 Å². The van der Waals surface area contributed by atoms with E-state index in [0.29, 0.717) is 50.6 Å². The second kappa shape index (κ2) is 15.1. The Morgan fingerprint density at radius 1 is 0.809 bits per heavy atom. The Labute approximate surface area is 281 Å². The molecule has 9 heteroatoms. The predicted molar refractivity (Wildman–Crippen MR) is 185 cm³/mol. The van der Waals surface area contributed by atoms with Gasteiger partial charge in [0, 0.05) is 61.3 Å². The molecule has 47 heavy (non-hydrogen) atoms. The topological polar surface area (TPSA) is 94.6 Å². The zero-order valence-electron chi connectivity index (χ0n) is 26.7. The van der Waals surface area contributed by atoms with Crippen molar-refractivity contribution in [2.45, 2.75) is 56.5 Å². The van der Waals surface area contributed by atoms with Crippen LogP contribution in [0.3, 0.4) is 0 Å². The Kier molecular flexibility index (Phi) is 10.5. The van der Waals surface area contributed by atoms with E-state index in [0.717, 1.165) is 47.6 Å². The number of fused-ring (bicyclic) bond motifs is 1. The molecule has 8 nitrogen and oxygen atoms in total. The molecule has 2 N–H and O–H groups in total. The number of nitrogens with zero attached hydrogens (tertiary/aromatic N) is 3. The average molecular weight is 652 g/mol. The molecule has 1 saturated carbocycles. The molecule has 1 aliphatic carbocycles. The summed E-state index contributed by atoms with van der Waals surface area (Å²) in [7, 11) is 0. The Balaban J connectivity index is 1.12. The number of carbonyl (C=O) groups excluding carboxylic acids is 3. The minimum atomic E-state index is -0.760. The standard InChI is InChI=1S/C38H42ClN5O3/c39-32-15-13-29(14-16-32)23-34(42-36(46)33-25-30-11-5-6-12-31(30)26-40-33)37(47)43-19-21-44(22-20-43)38(17-7-2-8-18-38)27-41-35(45)24-28-9-3-1-4-10-28/h1,3-6,9-16,25-26,34H,2,7-8,17-24,27H2,(H,41,45)(H,42,46). The second-order valence-corrected chi connectivity index (χ2v) is 13.2. The van der Waals surface area contributed by atoms with Crippen molar-refractivity contribution >= 4 is 40.1 Å². The highest BCUT2D eigenvalue weighted by atomic mass is 35.5. The van der Waals surface area contributed by atoms with Gasteiger partial charge in [0.25, 0.3) is 5.91 Å². The highest BCUT2D eigenvalue weighted by molar-refractivity contribution is 6.30. The Morgan fingerprint density at radius 2 is 1.49 bits per heavy atom. The maximum absolute atomic E-state index is 14.1. The number of hydrogen-bond acceptors (Lipinski definition) is 5. The van der Waals surface area contributed by atoms with Gasteiger partial charge in [-0.25, -0.2) is 0 Å². The summed E-state index contributed by atoms with van der Waals surface area (Å²) < 4.78 is 0. The zero-order valence-corrected chi connectivity index (χ0v) is 27.4. The summed E-state index contributed by atoms with van der Waals surface area (Å²) in [5, 5.41) is 8.73. The molecule has 0 radical (unpaired) electrons. The van der Waals surface area contributed by atoms with E-state index >= 15 is 0 Å². The fourth-order valence-corrected chi connectivity index (χ4v) is 7.17. The molecule has 1 aliphatic heterocycles. The lowest BCUT2D eigenvalue weighted by Gasteiger charge is -2.50. The van der Waals surface area contributed by atoms with Crippen molar-refractivity contribution in [2.75, 3.05) is 32.7 Å². The first kappa shape index (κ1) is 32.7. The maximum atomic E-state index is 14.1. The minimum Gasteiger partial charge on any atom is -0.354 e. The van der Waals surface area contributed by atoms with Crippen LogP contribution < -0.4 is 10.6 Å². The van der Waals surface area contributed by atoms with Gasteiger partial charge >= 0.3 is 0 Å². The molecule has 0 bridgehead atoms. The third-order valence-electron chi connectivity index (χ3n) is 9.69. The maximum Gasteiger partial charge on any atom is 0.270 e. The monoisotopic (exact) mass is 651 g/mol. The number of carbonyl (C=O) groups is 3. The van der Waals surface area contributed by atoms with E-state index in [1.165, 1.54) is 6.42 Å². The zero-order chi connectivity index (χ0) is 32.6. The third-order valence-corrected chi connectivity index (χ3v) is 9.94. The fourth-order valence-electron chi connectivity index (χ4n) is 7.04. The summed E-state index contributed by atoms with van der Waals surface area (Å²) in [6.07, 6.45) is 7.92. The molecule has 3 aromatic carbocycles. The van der Waals surface area contributed by atoms with Crippen LogP contribution in [0.25, 0.3) is 10.8 Å². The smallest absolute Gasteiger partial charge is 0.270 e. The van der Waals surface area contributed by atoms with Gasteiger partial charge in [-0.1, -0.05) is 97.6 Å². The number of aromatic nitrogens is 1. The lowest BCUT2D eigenvalue weighted by atomic mass is 9.79. The number of piperazine rings is 1. The first-order chi connectivity index (χ1) is 22.9. The molecule has 1 atom stereocenters. The van der Waals surface area contributed by atoms with Crippen LogP contribution in [0.2, 0.25) is 5.02 Å². The van der Waals surface area contributed by atoms with E-state index in [4.69, 9.17) is 11.6 Å². The summed E-state index contributed by atoms with van der Waals surface area (Å²) in [6.45, 7) is 3.16. The molecule has 1 unspecified atom stereocenters. The van der Waals surface area contributed by atoms with Crippen LogP contribution in [0.4, 0.5) is 0 Å². The molecule has 6 rings (SSSR count). The molecule has 0 spiro atoms. The van der Waals surface area contributed by atoms with Gasteiger partial charge in [-0.05, 0) is 47.6 Å². The fraction of sp³-hybridized carbons (Fsp3) is 0.368. The molecule has 1 saturated heterocycles. The minimum absolute atomic E-state index is 0.0386. The van der Waals surface area contributed by atoms with Crippen molar-refractivity contribution < 1.29 is 14.4 Å². The number of rotatable bonds is 10. The summed E-state index contributed by atoms with van der Waals surface area (Å²) in [6, 6.07) is 25.9. The van der Waals surface area contributed by atoms with E-state index in [1.54, 1.807) is 24.4 Å². The number of amides is 3. The normalized spacial score (nSPS) is 17.2. The summed E-state index contributed by atoms with van der Waals surface area (Å²) in [5.74, 6) is -0.451. The van der Waals surface area contributed by atoms with Crippen molar-refractivity contribution in [1.29, 1.82) is 0 Å². The van der Waals surface area contributed by atoms with Gasteiger partial charge in [0.15, 0.2) is 0 Å². The van der Waals surface area contributed by atoms with Crippen molar-refractivity contribution in [3.05, 3.63) is 113 Å². The van der Waals surface area contributed by atoms with Crippen LogP contribution in [0.5, 0.6) is 0 Å². The second-order valence-electron chi connectivity index (χ2n) is 12.8. The van der Waals surface area contributed by atoms with Gasteiger partial charge in [-0.15, -0.1) is 0 Å². The average Bonchev–Trinajstić information content (AvgIpc) is 3.11. The summed E-state index contributed by atoms with van der Waals surface area (Å²) in [5.41, 5.74) is 2.08. The van der Waals surface area contributed by atoms with Gasteiger partial charge in [-0.2, -0.15) is 0 Å². The van der Waals surface area contributed by atoms with E-state index in [1.807, 2.05) is 71.6 Å². The highest BCUT2D eigenvalue weighted by Crippen LogP contribution is 2.34. The van der Waals surface area contributed by atoms with Gasteiger partial charge < -0.3 is 15.5 Å². The van der Waals surface area contributed by atoms with Gasteiger partial charge in [0.05, 0.1) is 6.42 Å². The van der Waals surface area contributed by atoms with Crippen LogP contribution in [0.15, 0.2) is 91.1 Å². The number of pyridine rings is 1. The first-order valence-electron chi connectivity index (χ1n) is 16.6. The molecular weight excluding hydrogens is 610 g/mol. The highest BCUT2D eigenvalue weighted by Gasteiger charge is 2.41. The molecule has 4 aromatic rings. The van der Waals surface area contributed by atoms with Crippen molar-refractivity contribution in [3.63, 3.8) is 0 Å². The Hall–Kier alpha value is -4.27. The summed E-state index contributed by atoms with van der Waals surface area (Å²) in [4.78, 5) is 49.2. The molecule has 2 heterocycles. The van der Waals surface area contributed by atoms with E-state index in [2.05, 4.69) is 20.5 Å². The number of benzene rings is 3. The third kappa shape index (κ3) is 8.18. The van der Waals surface area contributed by atoms with Gasteiger partial charge in [0.2, 0.25) is 11.8 Å². The van der Waals surface area contributed by atoms with Crippen molar-refractivity contribution in [1.82, 2.24) is 25.4 Å². The lowest BCUT2D eigenvalue weighted by Crippen LogP contribution is -2.63. The Bertz CT molecular complexity index is 1680. The molecule has 3 amide bonds. The largest absolute Gasteiger partial charge is 0.354 e. The molecule has 244 valence electrons. The number of halogens is 1. The lowest BCUT2D eigenvalue weighted by molar-refractivity contribution is -0.136. The number of nitrogens with one attached hydrogen (secondary N) is 2. The van der Waals surface area contributed by atoms with E-state index in [9.17, 15) is 14.4 Å². The molecule has 2 fully saturated rings. The van der Waals surface area contributed by atoms with Crippen LogP contribution in [0.1, 0.15) is 53.7 Å². The Morgan fingerprint density at radius 3 is 2.21 bits per heavy atom. The van der Waals surface area contributed by atoms with Crippen molar-refractivity contribution in [2.24, 2.45) is 0 Å².